The highest BCUT2D eigenvalue weighted by molar-refractivity contribution is 5.78. The summed E-state index contributed by atoms with van der Waals surface area (Å²) in [5.41, 5.74) is 0. The van der Waals surface area contributed by atoms with Crippen molar-refractivity contribution in [1.82, 2.24) is 9.80 Å². The largest absolute Gasteiger partial charge is 0.468 e. The number of hydrogen-bond donors (Lipinski definition) is 1. The van der Waals surface area contributed by atoms with Gasteiger partial charge in [0.05, 0.1) is 31.7 Å². The molecule has 1 aliphatic heterocycles. The van der Waals surface area contributed by atoms with E-state index in [0.29, 0.717) is 32.6 Å². The lowest BCUT2D eigenvalue weighted by atomic mass is 10.2. The molecular weight excluding hydrogens is 296 g/mol. The Hall–Kier alpha value is -2.05. The third-order valence-electron chi connectivity index (χ3n) is 3.99. The molecule has 0 radical (unpaired) electrons. The normalized spacial score (nSPS) is 16.4. The van der Waals surface area contributed by atoms with Crippen LogP contribution < -0.4 is 0 Å². The van der Waals surface area contributed by atoms with Gasteiger partial charge in [0.2, 0.25) is 5.91 Å². The Morgan fingerprint density at radius 3 is 2.30 bits per heavy atom. The monoisotopic (exact) mass is 318 g/mol. The lowest BCUT2D eigenvalue weighted by molar-refractivity contribution is -0.129. The van der Waals surface area contributed by atoms with Gasteiger partial charge in [-0.15, -0.1) is 0 Å². The second-order valence-electron chi connectivity index (χ2n) is 5.93. The van der Waals surface area contributed by atoms with Gasteiger partial charge in [0.25, 0.3) is 0 Å². The Balaban J connectivity index is 1.58. The number of likely N-dealkylation sites (tertiary alicyclic amines) is 1. The fourth-order valence-electron chi connectivity index (χ4n) is 2.94. The molecule has 3 heterocycles. The van der Waals surface area contributed by atoms with Crippen LogP contribution in [0.5, 0.6) is 0 Å². The summed E-state index contributed by atoms with van der Waals surface area (Å²) in [4.78, 5) is 15.5. The minimum atomic E-state index is -0.595. The molecule has 0 aliphatic carbocycles. The zero-order valence-corrected chi connectivity index (χ0v) is 13.1. The van der Waals surface area contributed by atoms with Gasteiger partial charge in [-0.1, -0.05) is 0 Å². The summed E-state index contributed by atoms with van der Waals surface area (Å²) < 4.78 is 10.8. The topological polar surface area (TPSA) is 70.1 Å². The van der Waals surface area contributed by atoms with Crippen molar-refractivity contribution in [2.24, 2.45) is 0 Å². The first-order valence-corrected chi connectivity index (χ1v) is 7.93. The molecule has 1 unspecified atom stereocenters. The number of hydrogen-bond acceptors (Lipinski definition) is 5. The Morgan fingerprint density at radius 1 is 1.17 bits per heavy atom. The van der Waals surface area contributed by atoms with Gasteiger partial charge < -0.3 is 18.8 Å². The van der Waals surface area contributed by atoms with E-state index in [-0.39, 0.29) is 5.91 Å². The van der Waals surface area contributed by atoms with Crippen LogP contribution in [0.1, 0.15) is 24.4 Å². The van der Waals surface area contributed by atoms with E-state index in [9.17, 15) is 9.90 Å². The predicted molar refractivity (Wildman–Crippen MR) is 83.4 cm³/mol. The van der Waals surface area contributed by atoms with Crippen LogP contribution in [-0.2, 0) is 17.9 Å². The minimum absolute atomic E-state index is 0.132. The van der Waals surface area contributed by atoms with Gasteiger partial charge >= 0.3 is 0 Å². The number of nitrogens with zero attached hydrogens (tertiary/aromatic N) is 2. The van der Waals surface area contributed by atoms with Gasteiger partial charge in [0.15, 0.2) is 0 Å². The SMILES string of the molecule is O=C1CCCN1CC(O)CN(Cc1ccco1)Cc1ccco1. The highest BCUT2D eigenvalue weighted by Gasteiger charge is 2.24. The number of amides is 1. The van der Waals surface area contributed by atoms with Crippen LogP contribution in [0.25, 0.3) is 0 Å². The summed E-state index contributed by atoms with van der Waals surface area (Å²) in [7, 11) is 0. The Labute approximate surface area is 135 Å². The fraction of sp³-hybridized carbons (Fsp3) is 0.471. The van der Waals surface area contributed by atoms with E-state index in [0.717, 1.165) is 24.5 Å². The first-order chi connectivity index (χ1) is 11.2. The van der Waals surface area contributed by atoms with E-state index in [1.54, 1.807) is 17.4 Å². The van der Waals surface area contributed by atoms with E-state index >= 15 is 0 Å². The average molecular weight is 318 g/mol. The molecule has 0 saturated carbocycles. The van der Waals surface area contributed by atoms with Crippen LogP contribution in [0, 0.1) is 0 Å². The maximum atomic E-state index is 11.7. The highest BCUT2D eigenvalue weighted by Crippen LogP contribution is 2.14. The number of aliphatic hydroxyl groups is 1. The highest BCUT2D eigenvalue weighted by atomic mass is 16.3. The third kappa shape index (κ3) is 4.46. The Kier molecular flexibility index (Phi) is 5.15. The maximum Gasteiger partial charge on any atom is 0.222 e. The molecule has 0 bridgehead atoms. The molecule has 1 saturated heterocycles. The van der Waals surface area contributed by atoms with Crippen LogP contribution in [0.3, 0.4) is 0 Å². The molecule has 2 aromatic heterocycles. The number of rotatable bonds is 8. The number of aliphatic hydroxyl groups excluding tert-OH is 1. The molecule has 1 atom stereocenters. The second-order valence-corrected chi connectivity index (χ2v) is 5.93. The summed E-state index contributed by atoms with van der Waals surface area (Å²) in [6.07, 6.45) is 4.16. The van der Waals surface area contributed by atoms with Crippen LogP contribution in [0.4, 0.5) is 0 Å². The zero-order valence-electron chi connectivity index (χ0n) is 13.1. The van der Waals surface area contributed by atoms with Gasteiger partial charge in [-0.25, -0.2) is 0 Å². The molecule has 1 aliphatic rings. The summed E-state index contributed by atoms with van der Waals surface area (Å²) >= 11 is 0. The smallest absolute Gasteiger partial charge is 0.222 e. The molecule has 23 heavy (non-hydrogen) atoms. The maximum absolute atomic E-state index is 11.7. The lowest BCUT2D eigenvalue weighted by Crippen LogP contribution is -2.40. The van der Waals surface area contributed by atoms with E-state index in [4.69, 9.17) is 8.83 Å². The molecule has 3 rings (SSSR count). The number of carbonyl (C=O) groups is 1. The molecule has 6 heteroatoms. The van der Waals surface area contributed by atoms with Gasteiger partial charge in [-0.05, 0) is 30.7 Å². The van der Waals surface area contributed by atoms with Gasteiger partial charge in [-0.3, -0.25) is 9.69 Å². The van der Waals surface area contributed by atoms with Crippen molar-refractivity contribution in [1.29, 1.82) is 0 Å². The lowest BCUT2D eigenvalue weighted by Gasteiger charge is -2.26. The molecule has 1 amide bonds. The minimum Gasteiger partial charge on any atom is -0.468 e. The standard InChI is InChI=1S/C17H22N2O4/c20-14(11-19-7-1-6-17(19)21)10-18(12-15-4-2-8-22-15)13-16-5-3-9-23-16/h2-5,8-9,14,20H,1,6-7,10-13H2. The van der Waals surface area contributed by atoms with Crippen LogP contribution in [0.15, 0.2) is 45.6 Å². The van der Waals surface area contributed by atoms with Crippen LogP contribution in [-0.4, -0.2) is 46.6 Å². The van der Waals surface area contributed by atoms with Crippen molar-refractivity contribution in [3.8, 4) is 0 Å². The van der Waals surface area contributed by atoms with Crippen molar-refractivity contribution < 1.29 is 18.7 Å². The van der Waals surface area contributed by atoms with Crippen molar-refractivity contribution in [3.63, 3.8) is 0 Å². The number of carbonyl (C=O) groups excluding carboxylic acids is 1. The average Bonchev–Trinajstić information content (AvgIpc) is 3.24. The third-order valence-corrected chi connectivity index (χ3v) is 3.99. The van der Waals surface area contributed by atoms with E-state index in [1.807, 2.05) is 24.3 Å². The summed E-state index contributed by atoms with van der Waals surface area (Å²) in [5.74, 6) is 1.80. The number of furan rings is 2. The number of β-amino-alcohol motifs (C(OH)–C–C–N with tert-alkyl or cyclic N) is 1. The van der Waals surface area contributed by atoms with Crippen LogP contribution >= 0.6 is 0 Å². The molecule has 2 aromatic rings. The van der Waals surface area contributed by atoms with E-state index < -0.39 is 6.10 Å². The van der Waals surface area contributed by atoms with Gasteiger partial charge in [-0.2, -0.15) is 0 Å². The van der Waals surface area contributed by atoms with Gasteiger partial charge in [0.1, 0.15) is 11.5 Å². The molecule has 0 aromatic carbocycles. The first kappa shape index (κ1) is 15.8. The Bertz CT molecular complexity index is 558. The van der Waals surface area contributed by atoms with Gasteiger partial charge in [0, 0.05) is 26.1 Å². The molecule has 0 spiro atoms. The molecule has 124 valence electrons. The molecule has 1 N–H and O–H groups in total. The summed E-state index contributed by atoms with van der Waals surface area (Å²) in [6.45, 7) is 2.74. The van der Waals surface area contributed by atoms with Crippen LogP contribution in [0.2, 0.25) is 0 Å². The van der Waals surface area contributed by atoms with Crippen molar-refractivity contribution in [3.05, 3.63) is 48.3 Å². The molecule has 6 nitrogen and oxygen atoms in total. The van der Waals surface area contributed by atoms with E-state index in [2.05, 4.69) is 4.90 Å². The van der Waals surface area contributed by atoms with Crippen molar-refractivity contribution >= 4 is 5.91 Å². The summed E-state index contributed by atoms with van der Waals surface area (Å²) in [6, 6.07) is 7.51. The fourth-order valence-corrected chi connectivity index (χ4v) is 2.94. The Morgan fingerprint density at radius 2 is 1.83 bits per heavy atom. The van der Waals surface area contributed by atoms with E-state index in [1.165, 1.54) is 0 Å². The first-order valence-electron chi connectivity index (χ1n) is 7.93. The predicted octanol–water partition coefficient (Wildman–Crippen LogP) is 1.86. The molecule has 1 fully saturated rings. The second kappa shape index (κ2) is 7.48. The molecular formula is C17H22N2O4. The van der Waals surface area contributed by atoms with Crippen molar-refractivity contribution in [2.45, 2.75) is 32.0 Å². The van der Waals surface area contributed by atoms with Crippen molar-refractivity contribution in [2.75, 3.05) is 19.6 Å². The zero-order chi connectivity index (χ0) is 16.1. The quantitative estimate of drug-likeness (QED) is 0.804. The summed E-state index contributed by atoms with van der Waals surface area (Å²) in [5, 5.41) is 10.4.